The molecular formula is C13H25NO4S. The molecule has 6 heteroatoms. The molecule has 112 valence electrons. The molecule has 1 amide bonds. The average molecular weight is 291 g/mol. The zero-order valence-corrected chi connectivity index (χ0v) is 13.1. The van der Waals surface area contributed by atoms with E-state index in [1.54, 1.807) is 18.9 Å². The van der Waals surface area contributed by atoms with E-state index < -0.39 is 11.7 Å². The van der Waals surface area contributed by atoms with Crippen molar-refractivity contribution in [2.75, 3.05) is 20.0 Å². The first-order chi connectivity index (χ1) is 8.82. The summed E-state index contributed by atoms with van der Waals surface area (Å²) >= 11 is 1.66. The number of nitrogens with one attached hydrogen (secondary N) is 1. The van der Waals surface area contributed by atoms with Crippen LogP contribution in [0.3, 0.4) is 0 Å². The molecule has 2 N–H and O–H groups in total. The zero-order chi connectivity index (χ0) is 14.6. The van der Waals surface area contributed by atoms with Crippen LogP contribution in [0.25, 0.3) is 0 Å². The van der Waals surface area contributed by atoms with Crippen molar-refractivity contribution >= 4 is 17.9 Å². The summed E-state index contributed by atoms with van der Waals surface area (Å²) in [6.07, 6.45) is 2.17. The molecule has 19 heavy (non-hydrogen) atoms. The predicted octanol–water partition coefficient (Wildman–Crippen LogP) is 1.64. The highest BCUT2D eigenvalue weighted by Crippen LogP contribution is 2.36. The predicted molar refractivity (Wildman–Crippen MR) is 76.5 cm³/mol. The van der Waals surface area contributed by atoms with Crippen LogP contribution in [0.15, 0.2) is 0 Å². The molecule has 4 atom stereocenters. The van der Waals surface area contributed by atoms with Crippen LogP contribution in [0.2, 0.25) is 0 Å². The molecule has 1 aliphatic carbocycles. The summed E-state index contributed by atoms with van der Waals surface area (Å²) in [6, 6.07) is -0.116. The highest BCUT2D eigenvalue weighted by Gasteiger charge is 2.44. The summed E-state index contributed by atoms with van der Waals surface area (Å²) in [5.41, 5.74) is -0.513. The molecule has 0 aromatic carbocycles. The number of alkyl carbamates (subject to hydrolysis) is 1. The first-order valence-electron chi connectivity index (χ1n) is 6.48. The fraction of sp³-hybridized carbons (Fsp3) is 0.923. The quantitative estimate of drug-likeness (QED) is 0.824. The molecule has 0 bridgehead atoms. The molecule has 0 spiro atoms. The molecule has 1 saturated carbocycles. The van der Waals surface area contributed by atoms with Gasteiger partial charge in [0.25, 0.3) is 0 Å². The Morgan fingerprint density at radius 2 is 2.11 bits per heavy atom. The lowest BCUT2D eigenvalue weighted by atomic mass is 10.1. The van der Waals surface area contributed by atoms with Crippen LogP contribution in [0.1, 0.15) is 27.2 Å². The maximum absolute atomic E-state index is 11.8. The molecule has 0 saturated heterocycles. The number of rotatable bonds is 4. The number of amides is 1. The third kappa shape index (κ3) is 4.54. The Labute approximate surface area is 119 Å². The van der Waals surface area contributed by atoms with E-state index in [4.69, 9.17) is 9.47 Å². The smallest absolute Gasteiger partial charge is 0.407 e. The van der Waals surface area contributed by atoms with Gasteiger partial charge in [0.1, 0.15) is 5.60 Å². The lowest BCUT2D eigenvalue weighted by Crippen LogP contribution is -2.45. The minimum atomic E-state index is -0.513. The molecule has 0 aromatic rings. The van der Waals surface area contributed by atoms with Gasteiger partial charge in [-0.1, -0.05) is 0 Å². The number of aliphatic hydroxyl groups excluding tert-OH is 1. The summed E-state index contributed by atoms with van der Waals surface area (Å²) < 4.78 is 10.7. The second kappa shape index (κ2) is 6.81. The Bertz CT molecular complexity index is 306. The van der Waals surface area contributed by atoms with Gasteiger partial charge in [0.2, 0.25) is 0 Å². The van der Waals surface area contributed by atoms with Crippen molar-refractivity contribution in [1.82, 2.24) is 5.32 Å². The largest absolute Gasteiger partial charge is 0.444 e. The molecule has 0 radical (unpaired) electrons. The van der Waals surface area contributed by atoms with Crippen LogP contribution in [0.4, 0.5) is 4.79 Å². The SMILES string of the molecule is COC1C(NC(=O)OC(C)(C)C)CC(CO)C1SC. The van der Waals surface area contributed by atoms with Crippen molar-refractivity contribution in [3.8, 4) is 0 Å². The summed E-state index contributed by atoms with van der Waals surface area (Å²) in [7, 11) is 1.64. The minimum absolute atomic E-state index is 0.0975. The Morgan fingerprint density at radius 1 is 1.47 bits per heavy atom. The van der Waals surface area contributed by atoms with Crippen molar-refractivity contribution in [3.63, 3.8) is 0 Å². The van der Waals surface area contributed by atoms with Gasteiger partial charge in [-0.3, -0.25) is 0 Å². The first-order valence-corrected chi connectivity index (χ1v) is 7.77. The van der Waals surface area contributed by atoms with Gasteiger partial charge < -0.3 is 19.9 Å². The molecule has 1 aliphatic rings. The molecule has 4 unspecified atom stereocenters. The van der Waals surface area contributed by atoms with Crippen molar-refractivity contribution < 1.29 is 19.4 Å². The van der Waals surface area contributed by atoms with Crippen LogP contribution < -0.4 is 5.32 Å². The topological polar surface area (TPSA) is 67.8 Å². The van der Waals surface area contributed by atoms with Crippen molar-refractivity contribution in [2.24, 2.45) is 5.92 Å². The lowest BCUT2D eigenvalue weighted by Gasteiger charge is -2.26. The molecule has 5 nitrogen and oxygen atoms in total. The summed E-state index contributed by atoms with van der Waals surface area (Å²) in [5.74, 6) is 0.139. The number of carbonyl (C=O) groups is 1. The van der Waals surface area contributed by atoms with Crippen molar-refractivity contribution in [2.45, 2.75) is 50.2 Å². The third-order valence-corrected chi connectivity index (χ3v) is 4.42. The van der Waals surface area contributed by atoms with Crippen LogP contribution >= 0.6 is 11.8 Å². The fourth-order valence-corrected chi connectivity index (χ4v) is 3.65. The fourth-order valence-electron chi connectivity index (χ4n) is 2.49. The first kappa shape index (κ1) is 16.6. The van der Waals surface area contributed by atoms with E-state index in [1.165, 1.54) is 0 Å². The molecule has 0 aliphatic heterocycles. The number of aliphatic hydroxyl groups is 1. The van der Waals surface area contributed by atoms with Crippen LogP contribution in [-0.2, 0) is 9.47 Å². The summed E-state index contributed by atoms with van der Waals surface area (Å²) in [5, 5.41) is 12.5. The van der Waals surface area contributed by atoms with Gasteiger partial charge in [-0.15, -0.1) is 0 Å². The van der Waals surface area contributed by atoms with Gasteiger partial charge in [-0.25, -0.2) is 4.79 Å². The van der Waals surface area contributed by atoms with Gasteiger partial charge in [-0.05, 0) is 39.4 Å². The molecule has 1 fully saturated rings. The number of carbonyl (C=O) groups excluding carboxylic acids is 1. The van der Waals surface area contributed by atoms with Gasteiger partial charge >= 0.3 is 6.09 Å². The van der Waals surface area contributed by atoms with Crippen LogP contribution in [0, 0.1) is 5.92 Å². The van der Waals surface area contributed by atoms with E-state index in [0.717, 1.165) is 0 Å². The van der Waals surface area contributed by atoms with E-state index in [1.807, 2.05) is 27.0 Å². The van der Waals surface area contributed by atoms with Crippen molar-refractivity contribution in [3.05, 3.63) is 0 Å². The number of methoxy groups -OCH3 is 1. The summed E-state index contributed by atoms with van der Waals surface area (Å²) in [6.45, 7) is 5.60. The van der Waals surface area contributed by atoms with Gasteiger partial charge in [0.05, 0.1) is 12.1 Å². The van der Waals surface area contributed by atoms with Gasteiger partial charge in [-0.2, -0.15) is 11.8 Å². The van der Waals surface area contributed by atoms with Gasteiger partial charge in [0, 0.05) is 19.0 Å². The Balaban J connectivity index is 2.64. The average Bonchev–Trinajstić information content (AvgIpc) is 2.62. The highest BCUT2D eigenvalue weighted by atomic mass is 32.2. The minimum Gasteiger partial charge on any atom is -0.444 e. The summed E-state index contributed by atoms with van der Waals surface area (Å²) in [4.78, 5) is 11.8. The molecule has 0 heterocycles. The zero-order valence-electron chi connectivity index (χ0n) is 12.3. The standard InChI is InChI=1S/C13H25NO4S/c1-13(2,3)18-12(16)14-9-6-8(7-15)11(19-5)10(9)17-4/h8-11,15H,6-7H2,1-5H3,(H,14,16). The molecule has 0 aromatic heterocycles. The highest BCUT2D eigenvalue weighted by molar-refractivity contribution is 7.99. The monoisotopic (exact) mass is 291 g/mol. The number of hydrogen-bond donors (Lipinski definition) is 2. The lowest BCUT2D eigenvalue weighted by molar-refractivity contribution is 0.0398. The third-order valence-electron chi connectivity index (χ3n) is 3.22. The van der Waals surface area contributed by atoms with Gasteiger partial charge in [0.15, 0.2) is 0 Å². The van der Waals surface area contributed by atoms with Crippen LogP contribution in [0.5, 0.6) is 0 Å². The second-order valence-corrected chi connectivity index (χ2v) is 6.85. The maximum atomic E-state index is 11.8. The van der Waals surface area contributed by atoms with Crippen LogP contribution in [-0.4, -0.2) is 54.2 Å². The second-order valence-electron chi connectivity index (χ2n) is 5.83. The van der Waals surface area contributed by atoms with E-state index in [0.29, 0.717) is 6.42 Å². The molecular weight excluding hydrogens is 266 g/mol. The van der Waals surface area contributed by atoms with E-state index in [2.05, 4.69) is 5.32 Å². The number of hydrogen-bond acceptors (Lipinski definition) is 5. The Morgan fingerprint density at radius 3 is 2.53 bits per heavy atom. The Kier molecular flexibility index (Phi) is 5.95. The number of ether oxygens (including phenoxy) is 2. The molecule has 1 rings (SSSR count). The number of thioether (sulfide) groups is 1. The maximum Gasteiger partial charge on any atom is 0.407 e. The Hall–Kier alpha value is -0.460. The van der Waals surface area contributed by atoms with E-state index in [-0.39, 0.29) is 29.9 Å². The van der Waals surface area contributed by atoms with Crippen molar-refractivity contribution in [1.29, 1.82) is 0 Å². The normalized spacial score (nSPS) is 31.3. The van der Waals surface area contributed by atoms with E-state index in [9.17, 15) is 9.90 Å². The van der Waals surface area contributed by atoms with E-state index >= 15 is 0 Å².